The van der Waals surface area contributed by atoms with Crippen molar-refractivity contribution in [1.82, 2.24) is 4.57 Å². The van der Waals surface area contributed by atoms with Crippen molar-refractivity contribution in [2.45, 2.75) is 6.61 Å². The highest BCUT2D eigenvalue weighted by atomic mass is 16.5. The highest BCUT2D eigenvalue weighted by Gasteiger charge is 2.04. The minimum absolute atomic E-state index is 0.630. The monoisotopic (exact) mass is 190 g/mol. The van der Waals surface area contributed by atoms with Crippen LogP contribution in [-0.4, -0.2) is 11.7 Å². The van der Waals surface area contributed by atoms with Gasteiger partial charge in [-0.15, -0.1) is 0 Å². The second kappa shape index (κ2) is 3.35. The zero-order valence-corrected chi connectivity index (χ0v) is 8.45. The van der Waals surface area contributed by atoms with Crippen molar-refractivity contribution in [1.29, 1.82) is 0 Å². The molecule has 0 amide bonds. The maximum Gasteiger partial charge on any atom is 0.0864 e. The fourth-order valence-corrected chi connectivity index (χ4v) is 1.71. The molecule has 1 aromatic heterocycles. The fraction of sp³-hybridized carbons (Fsp3) is 0.273. The lowest BCUT2D eigenvalue weighted by atomic mass is 10.2. The van der Waals surface area contributed by atoms with Crippen LogP contribution in [0.15, 0.2) is 24.3 Å². The van der Waals surface area contributed by atoms with Gasteiger partial charge < -0.3 is 15.0 Å². The van der Waals surface area contributed by atoms with Gasteiger partial charge in [0.15, 0.2) is 0 Å². The first-order chi connectivity index (χ1) is 6.72. The Morgan fingerprint density at radius 3 is 2.86 bits per heavy atom. The van der Waals surface area contributed by atoms with Crippen LogP contribution in [0.3, 0.4) is 0 Å². The maximum absolute atomic E-state index is 5.72. The lowest BCUT2D eigenvalue weighted by Gasteiger charge is -2.02. The van der Waals surface area contributed by atoms with Gasteiger partial charge in [-0.1, -0.05) is 0 Å². The smallest absolute Gasteiger partial charge is 0.0864 e. The third-order valence-electron chi connectivity index (χ3n) is 2.46. The SMILES string of the molecule is COCc1cc2cc(N)ccc2n1C. The van der Waals surface area contributed by atoms with Gasteiger partial charge in [-0.25, -0.2) is 0 Å². The molecule has 0 atom stereocenters. The summed E-state index contributed by atoms with van der Waals surface area (Å²) in [5, 5.41) is 1.17. The number of anilines is 1. The molecule has 0 aliphatic rings. The summed E-state index contributed by atoms with van der Waals surface area (Å²) >= 11 is 0. The number of rotatable bonds is 2. The number of nitrogen functional groups attached to an aromatic ring is 1. The Hall–Kier alpha value is -1.48. The van der Waals surface area contributed by atoms with Gasteiger partial charge in [-0.2, -0.15) is 0 Å². The van der Waals surface area contributed by atoms with Crippen LogP contribution in [0, 0.1) is 0 Å². The molecule has 0 radical (unpaired) electrons. The van der Waals surface area contributed by atoms with E-state index in [2.05, 4.69) is 10.6 Å². The van der Waals surface area contributed by atoms with Crippen molar-refractivity contribution < 1.29 is 4.74 Å². The largest absolute Gasteiger partial charge is 0.399 e. The first-order valence-electron chi connectivity index (χ1n) is 4.55. The van der Waals surface area contributed by atoms with Gasteiger partial charge in [0.05, 0.1) is 6.61 Å². The van der Waals surface area contributed by atoms with Crippen LogP contribution in [0.5, 0.6) is 0 Å². The maximum atomic E-state index is 5.72. The second-order valence-electron chi connectivity index (χ2n) is 3.45. The molecule has 1 heterocycles. The first-order valence-corrected chi connectivity index (χ1v) is 4.55. The highest BCUT2D eigenvalue weighted by molar-refractivity contribution is 5.84. The fourth-order valence-electron chi connectivity index (χ4n) is 1.71. The summed E-state index contributed by atoms with van der Waals surface area (Å²) in [7, 11) is 3.74. The van der Waals surface area contributed by atoms with E-state index in [1.165, 1.54) is 10.9 Å². The number of benzene rings is 1. The Morgan fingerprint density at radius 2 is 2.14 bits per heavy atom. The number of nitrogens with zero attached hydrogens (tertiary/aromatic N) is 1. The summed E-state index contributed by atoms with van der Waals surface area (Å²) in [4.78, 5) is 0. The van der Waals surface area contributed by atoms with E-state index in [0.29, 0.717) is 6.61 Å². The van der Waals surface area contributed by atoms with E-state index in [9.17, 15) is 0 Å². The van der Waals surface area contributed by atoms with Gasteiger partial charge in [0, 0.05) is 36.4 Å². The number of fused-ring (bicyclic) bond motifs is 1. The van der Waals surface area contributed by atoms with Crippen LogP contribution in [0.4, 0.5) is 5.69 Å². The molecule has 2 aromatic rings. The third-order valence-corrected chi connectivity index (χ3v) is 2.46. The van der Waals surface area contributed by atoms with E-state index in [0.717, 1.165) is 11.4 Å². The Balaban J connectivity index is 2.61. The van der Waals surface area contributed by atoms with Crippen LogP contribution in [-0.2, 0) is 18.4 Å². The van der Waals surface area contributed by atoms with Crippen molar-refractivity contribution >= 4 is 16.6 Å². The predicted molar refractivity (Wildman–Crippen MR) is 58.0 cm³/mol. The number of methoxy groups -OCH3 is 1. The van der Waals surface area contributed by atoms with Gasteiger partial charge in [0.1, 0.15) is 0 Å². The lowest BCUT2D eigenvalue weighted by Crippen LogP contribution is -1.96. The zero-order valence-electron chi connectivity index (χ0n) is 8.45. The summed E-state index contributed by atoms with van der Waals surface area (Å²) in [6.07, 6.45) is 0. The van der Waals surface area contributed by atoms with E-state index in [-0.39, 0.29) is 0 Å². The highest BCUT2D eigenvalue weighted by Crippen LogP contribution is 2.21. The Bertz CT molecular complexity index is 460. The lowest BCUT2D eigenvalue weighted by molar-refractivity contribution is 0.179. The van der Waals surface area contributed by atoms with Crippen LogP contribution in [0.2, 0.25) is 0 Å². The molecule has 14 heavy (non-hydrogen) atoms. The summed E-state index contributed by atoms with van der Waals surface area (Å²) in [5.41, 5.74) is 8.86. The van der Waals surface area contributed by atoms with Crippen molar-refractivity contribution in [2.75, 3.05) is 12.8 Å². The number of hydrogen-bond donors (Lipinski definition) is 1. The summed E-state index contributed by atoms with van der Waals surface area (Å²) < 4.78 is 7.24. The summed E-state index contributed by atoms with van der Waals surface area (Å²) in [5.74, 6) is 0. The number of nitrogens with two attached hydrogens (primary N) is 1. The normalized spacial score (nSPS) is 11.0. The number of hydrogen-bond acceptors (Lipinski definition) is 2. The van der Waals surface area contributed by atoms with Gasteiger partial charge in [-0.05, 0) is 24.3 Å². The van der Waals surface area contributed by atoms with E-state index in [4.69, 9.17) is 10.5 Å². The van der Waals surface area contributed by atoms with Gasteiger partial charge in [0.2, 0.25) is 0 Å². The molecule has 0 saturated heterocycles. The van der Waals surface area contributed by atoms with E-state index in [1.807, 2.05) is 25.2 Å². The van der Waals surface area contributed by atoms with Crippen LogP contribution in [0.1, 0.15) is 5.69 Å². The molecule has 3 nitrogen and oxygen atoms in total. The molecular formula is C11H14N2O. The number of ether oxygens (including phenoxy) is 1. The molecule has 2 N–H and O–H groups in total. The Kier molecular flexibility index (Phi) is 2.17. The van der Waals surface area contributed by atoms with Crippen molar-refractivity contribution in [2.24, 2.45) is 7.05 Å². The zero-order chi connectivity index (χ0) is 10.1. The van der Waals surface area contributed by atoms with Gasteiger partial charge in [-0.3, -0.25) is 0 Å². The standard InChI is InChI=1S/C11H14N2O/c1-13-10(7-14-2)6-8-5-9(12)3-4-11(8)13/h3-6H,7,12H2,1-2H3. The van der Waals surface area contributed by atoms with E-state index >= 15 is 0 Å². The number of aromatic nitrogens is 1. The Labute approximate surface area is 83.1 Å². The van der Waals surface area contributed by atoms with Gasteiger partial charge in [0.25, 0.3) is 0 Å². The molecule has 0 aliphatic carbocycles. The van der Waals surface area contributed by atoms with Gasteiger partial charge >= 0.3 is 0 Å². The predicted octanol–water partition coefficient (Wildman–Crippen LogP) is 1.91. The number of aryl methyl sites for hydroxylation is 1. The van der Waals surface area contributed by atoms with Crippen LogP contribution < -0.4 is 5.73 Å². The molecule has 0 unspecified atom stereocenters. The van der Waals surface area contributed by atoms with E-state index < -0.39 is 0 Å². The quantitative estimate of drug-likeness (QED) is 0.735. The average Bonchev–Trinajstić information content (AvgIpc) is 2.44. The second-order valence-corrected chi connectivity index (χ2v) is 3.45. The molecular weight excluding hydrogens is 176 g/mol. The topological polar surface area (TPSA) is 40.2 Å². The minimum Gasteiger partial charge on any atom is -0.399 e. The average molecular weight is 190 g/mol. The molecule has 2 rings (SSSR count). The van der Waals surface area contributed by atoms with E-state index in [1.54, 1.807) is 7.11 Å². The summed E-state index contributed by atoms with van der Waals surface area (Å²) in [6, 6.07) is 8.03. The molecule has 0 fully saturated rings. The molecule has 0 spiro atoms. The summed E-state index contributed by atoms with van der Waals surface area (Å²) in [6.45, 7) is 0.630. The van der Waals surface area contributed by atoms with Crippen LogP contribution >= 0.6 is 0 Å². The molecule has 3 heteroatoms. The first kappa shape index (κ1) is 9.09. The van der Waals surface area contributed by atoms with Crippen LogP contribution in [0.25, 0.3) is 10.9 Å². The molecule has 1 aromatic carbocycles. The molecule has 74 valence electrons. The van der Waals surface area contributed by atoms with Crippen molar-refractivity contribution in [3.05, 3.63) is 30.0 Å². The Morgan fingerprint density at radius 1 is 1.36 bits per heavy atom. The third kappa shape index (κ3) is 1.36. The minimum atomic E-state index is 0.630. The van der Waals surface area contributed by atoms with Crippen molar-refractivity contribution in [3.63, 3.8) is 0 Å². The van der Waals surface area contributed by atoms with Crippen molar-refractivity contribution in [3.8, 4) is 0 Å². The molecule has 0 saturated carbocycles. The molecule has 0 bridgehead atoms. The molecule has 0 aliphatic heterocycles.